The minimum Gasteiger partial charge on any atom is -0.490 e. The maximum absolute atomic E-state index is 11.2. The maximum Gasteiger partial charge on any atom is 0.313 e. The van der Waals surface area contributed by atoms with E-state index in [2.05, 4.69) is 0 Å². The van der Waals surface area contributed by atoms with Crippen molar-refractivity contribution in [3.05, 3.63) is 32.8 Å². The zero-order valence-electron chi connectivity index (χ0n) is 8.11. The van der Waals surface area contributed by atoms with Gasteiger partial charge >= 0.3 is 5.69 Å². The number of hydrogen-bond donors (Lipinski definition) is 0. The Balaban J connectivity index is 3.52. The standard InChI is InChI=1S/C9H8ClNO4/c1-5(12)7-3-6(10)4-8(11(13)14)9(7)15-2/h3-4H,1-2H3. The van der Waals surface area contributed by atoms with Gasteiger partial charge in [-0.15, -0.1) is 0 Å². The monoisotopic (exact) mass is 229 g/mol. The number of hydrogen-bond acceptors (Lipinski definition) is 4. The zero-order valence-corrected chi connectivity index (χ0v) is 8.87. The van der Waals surface area contributed by atoms with E-state index in [4.69, 9.17) is 16.3 Å². The average Bonchev–Trinajstić information content (AvgIpc) is 2.16. The summed E-state index contributed by atoms with van der Waals surface area (Å²) < 4.78 is 4.83. The van der Waals surface area contributed by atoms with Gasteiger partial charge < -0.3 is 4.74 Å². The minimum absolute atomic E-state index is 0.0584. The lowest BCUT2D eigenvalue weighted by molar-refractivity contribution is -0.385. The number of benzene rings is 1. The molecule has 0 aliphatic rings. The van der Waals surface area contributed by atoms with Gasteiger partial charge in [0.25, 0.3) is 0 Å². The van der Waals surface area contributed by atoms with Crippen LogP contribution in [0.25, 0.3) is 0 Å². The van der Waals surface area contributed by atoms with Crippen LogP contribution in [0, 0.1) is 10.1 Å². The van der Waals surface area contributed by atoms with E-state index in [-0.39, 0.29) is 27.8 Å². The third-order valence-electron chi connectivity index (χ3n) is 1.81. The van der Waals surface area contributed by atoms with E-state index < -0.39 is 4.92 Å². The van der Waals surface area contributed by atoms with E-state index >= 15 is 0 Å². The Hall–Kier alpha value is -1.62. The normalized spacial score (nSPS) is 9.80. The van der Waals surface area contributed by atoms with Crippen molar-refractivity contribution in [1.29, 1.82) is 0 Å². The van der Waals surface area contributed by atoms with Crippen LogP contribution in [0.5, 0.6) is 5.75 Å². The first-order valence-corrected chi connectivity index (χ1v) is 4.38. The Bertz CT molecular complexity index is 395. The molecule has 0 bridgehead atoms. The summed E-state index contributed by atoms with van der Waals surface area (Å²) in [5, 5.41) is 10.8. The number of nitro groups is 1. The Morgan fingerprint density at radius 3 is 2.53 bits per heavy atom. The maximum atomic E-state index is 11.2. The fourth-order valence-corrected chi connectivity index (χ4v) is 1.40. The van der Waals surface area contributed by atoms with E-state index in [1.165, 1.54) is 20.1 Å². The Labute approximate surface area is 90.8 Å². The Morgan fingerprint density at radius 2 is 2.13 bits per heavy atom. The summed E-state index contributed by atoms with van der Waals surface area (Å²) in [6.45, 7) is 1.29. The van der Waals surface area contributed by atoms with Crippen molar-refractivity contribution >= 4 is 23.1 Å². The van der Waals surface area contributed by atoms with Crippen LogP contribution in [0.3, 0.4) is 0 Å². The molecule has 0 saturated carbocycles. The van der Waals surface area contributed by atoms with Crippen molar-refractivity contribution in [2.75, 3.05) is 7.11 Å². The molecule has 5 nitrogen and oxygen atoms in total. The van der Waals surface area contributed by atoms with Crippen LogP contribution in [-0.2, 0) is 0 Å². The van der Waals surface area contributed by atoms with Crippen LogP contribution < -0.4 is 4.74 Å². The molecule has 6 heteroatoms. The summed E-state index contributed by atoms with van der Waals surface area (Å²) >= 11 is 5.65. The fourth-order valence-electron chi connectivity index (χ4n) is 1.19. The molecule has 0 spiro atoms. The van der Waals surface area contributed by atoms with E-state index in [9.17, 15) is 14.9 Å². The summed E-state index contributed by atoms with van der Waals surface area (Å²) in [5.74, 6) is -0.394. The molecule has 0 amide bonds. The second-order valence-electron chi connectivity index (χ2n) is 2.82. The number of Topliss-reactive ketones (excluding diaryl/α,β-unsaturated/α-hetero) is 1. The largest absolute Gasteiger partial charge is 0.490 e. The van der Waals surface area contributed by atoms with Crippen molar-refractivity contribution in [3.63, 3.8) is 0 Å². The summed E-state index contributed by atoms with van der Waals surface area (Å²) in [5.41, 5.74) is -0.202. The minimum atomic E-state index is -0.642. The molecule has 0 radical (unpaired) electrons. The zero-order chi connectivity index (χ0) is 11.6. The molecule has 1 rings (SSSR count). The summed E-state index contributed by atoms with van der Waals surface area (Å²) in [6.07, 6.45) is 0. The Morgan fingerprint density at radius 1 is 1.53 bits per heavy atom. The molecule has 0 fully saturated rings. The van der Waals surface area contributed by atoms with E-state index in [1.54, 1.807) is 0 Å². The third kappa shape index (κ3) is 2.24. The fraction of sp³-hybridized carbons (Fsp3) is 0.222. The van der Waals surface area contributed by atoms with Crippen LogP contribution in [0.1, 0.15) is 17.3 Å². The number of nitrogens with zero attached hydrogens (tertiary/aromatic N) is 1. The highest BCUT2D eigenvalue weighted by molar-refractivity contribution is 6.31. The number of rotatable bonds is 3. The van der Waals surface area contributed by atoms with Gasteiger partial charge in [-0.2, -0.15) is 0 Å². The molecule has 1 aromatic rings. The molecule has 15 heavy (non-hydrogen) atoms. The summed E-state index contributed by atoms with van der Waals surface area (Å²) in [4.78, 5) is 21.2. The van der Waals surface area contributed by atoms with Gasteiger partial charge in [-0.05, 0) is 13.0 Å². The highest BCUT2D eigenvalue weighted by Crippen LogP contribution is 2.34. The molecule has 0 N–H and O–H groups in total. The lowest BCUT2D eigenvalue weighted by Gasteiger charge is -2.06. The molecule has 1 aromatic carbocycles. The highest BCUT2D eigenvalue weighted by Gasteiger charge is 2.22. The molecular formula is C9H8ClNO4. The van der Waals surface area contributed by atoms with Gasteiger partial charge in [-0.1, -0.05) is 11.6 Å². The van der Waals surface area contributed by atoms with Gasteiger partial charge in [0.2, 0.25) is 5.75 Å². The van der Waals surface area contributed by atoms with Crippen LogP contribution in [0.4, 0.5) is 5.69 Å². The smallest absolute Gasteiger partial charge is 0.313 e. The van der Waals surface area contributed by atoms with E-state index in [0.29, 0.717) is 0 Å². The molecule has 0 atom stereocenters. The molecule has 0 saturated heterocycles. The quantitative estimate of drug-likeness (QED) is 0.454. The number of ether oxygens (including phenoxy) is 1. The van der Waals surface area contributed by atoms with Gasteiger partial charge in [-0.3, -0.25) is 14.9 Å². The van der Waals surface area contributed by atoms with Gasteiger partial charge in [0.15, 0.2) is 5.78 Å². The van der Waals surface area contributed by atoms with Crippen LogP contribution in [0.15, 0.2) is 12.1 Å². The predicted molar refractivity (Wildman–Crippen MR) is 54.7 cm³/mol. The number of methoxy groups -OCH3 is 1. The second kappa shape index (κ2) is 4.27. The first kappa shape index (κ1) is 11.5. The molecule has 80 valence electrons. The number of halogens is 1. The van der Waals surface area contributed by atoms with E-state index in [1.807, 2.05) is 0 Å². The molecule has 0 unspecified atom stereocenters. The van der Waals surface area contributed by atoms with Gasteiger partial charge in [0.1, 0.15) is 0 Å². The molecule has 0 aromatic heterocycles. The SMILES string of the molecule is COc1c(C(C)=O)cc(Cl)cc1[N+](=O)[O-]. The van der Waals surface area contributed by atoms with Gasteiger partial charge in [0.05, 0.1) is 17.6 Å². The van der Waals surface area contributed by atoms with Gasteiger partial charge in [-0.25, -0.2) is 0 Å². The first-order valence-electron chi connectivity index (χ1n) is 4.00. The first-order chi connectivity index (χ1) is 6.97. The predicted octanol–water partition coefficient (Wildman–Crippen LogP) is 2.46. The lowest BCUT2D eigenvalue weighted by atomic mass is 10.1. The van der Waals surface area contributed by atoms with Crippen LogP contribution in [-0.4, -0.2) is 17.8 Å². The summed E-state index contributed by atoms with van der Waals surface area (Å²) in [6, 6.07) is 2.49. The van der Waals surface area contributed by atoms with Crippen molar-refractivity contribution < 1.29 is 14.5 Å². The van der Waals surface area contributed by atoms with Gasteiger partial charge in [0, 0.05) is 11.1 Å². The topological polar surface area (TPSA) is 69.4 Å². The van der Waals surface area contributed by atoms with Crippen molar-refractivity contribution in [2.24, 2.45) is 0 Å². The van der Waals surface area contributed by atoms with E-state index in [0.717, 1.165) is 6.07 Å². The van der Waals surface area contributed by atoms with Crippen molar-refractivity contribution in [1.82, 2.24) is 0 Å². The number of nitro benzene ring substituents is 1. The van der Waals surface area contributed by atoms with Crippen molar-refractivity contribution in [3.8, 4) is 5.75 Å². The van der Waals surface area contributed by atoms with Crippen LogP contribution >= 0.6 is 11.6 Å². The van der Waals surface area contributed by atoms with Crippen molar-refractivity contribution in [2.45, 2.75) is 6.92 Å². The van der Waals surface area contributed by atoms with Crippen LogP contribution in [0.2, 0.25) is 5.02 Å². The molecular weight excluding hydrogens is 222 g/mol. The molecule has 0 aliphatic heterocycles. The third-order valence-corrected chi connectivity index (χ3v) is 2.03. The average molecular weight is 230 g/mol. The Kier molecular flexibility index (Phi) is 3.26. The number of carbonyl (C=O) groups is 1. The highest BCUT2D eigenvalue weighted by atomic mass is 35.5. The summed E-state index contributed by atoms with van der Waals surface area (Å²) in [7, 11) is 1.27. The number of carbonyl (C=O) groups excluding carboxylic acids is 1. The number of ketones is 1. The lowest BCUT2D eigenvalue weighted by Crippen LogP contribution is -2.01. The second-order valence-corrected chi connectivity index (χ2v) is 3.26. The molecule has 0 aliphatic carbocycles. The molecule has 0 heterocycles.